The van der Waals surface area contributed by atoms with E-state index in [2.05, 4.69) is 6.58 Å². The van der Waals surface area contributed by atoms with E-state index in [1.165, 1.54) is 19.9 Å². The van der Waals surface area contributed by atoms with Crippen LogP contribution in [0.15, 0.2) is 73.3 Å². The predicted octanol–water partition coefficient (Wildman–Crippen LogP) is 4.40. The van der Waals surface area contributed by atoms with Gasteiger partial charge in [0.2, 0.25) is 0 Å². The quantitative estimate of drug-likeness (QED) is 0.188. The summed E-state index contributed by atoms with van der Waals surface area (Å²) in [6.07, 6.45) is -3.45. The van der Waals surface area contributed by atoms with Crippen molar-refractivity contribution < 1.29 is 58.6 Å². The molecule has 4 N–H and O–H groups in total. The zero-order valence-corrected chi connectivity index (χ0v) is 30.1. The molecule has 3 saturated carbocycles. The molecule has 12 heteroatoms. The highest BCUT2D eigenvalue weighted by Gasteiger charge is 2.74. The van der Waals surface area contributed by atoms with Gasteiger partial charge in [-0.1, -0.05) is 70.2 Å². The van der Waals surface area contributed by atoms with Crippen LogP contribution in [0.2, 0.25) is 0 Å². The molecule has 0 aromatic heterocycles. The van der Waals surface area contributed by atoms with Crippen molar-refractivity contribution in [2.24, 2.45) is 29.1 Å². The number of aromatic carboxylic acids is 1. The van der Waals surface area contributed by atoms with E-state index in [0.29, 0.717) is 5.56 Å². The Morgan fingerprint density at radius 3 is 1.78 bits per heavy atom. The Morgan fingerprint density at radius 2 is 1.33 bits per heavy atom. The largest absolute Gasteiger partial charge is 0.478 e. The third-order valence-electron chi connectivity index (χ3n) is 10.4. The second-order valence-corrected chi connectivity index (χ2v) is 13.8. The van der Waals surface area contributed by atoms with E-state index in [0.717, 1.165) is 6.92 Å². The Labute approximate surface area is 298 Å². The number of benzene rings is 2. The summed E-state index contributed by atoms with van der Waals surface area (Å²) in [5.74, 6) is -7.45. The molecule has 3 fully saturated rings. The molecule has 0 saturated heterocycles. The normalized spacial score (nSPS) is 33.2. The van der Waals surface area contributed by atoms with Gasteiger partial charge in [0.1, 0.15) is 23.9 Å². The van der Waals surface area contributed by atoms with Crippen molar-refractivity contribution in [2.45, 2.75) is 96.9 Å². The second kappa shape index (κ2) is 16.3. The summed E-state index contributed by atoms with van der Waals surface area (Å²) in [6.45, 7) is 14.9. The number of esters is 3. The topological polar surface area (TPSA) is 194 Å². The van der Waals surface area contributed by atoms with E-state index >= 15 is 0 Å². The Hall–Kier alpha value is -4.39. The van der Waals surface area contributed by atoms with Crippen LogP contribution in [0.5, 0.6) is 0 Å². The Morgan fingerprint density at radius 1 is 0.824 bits per heavy atom. The smallest absolute Gasteiger partial charge is 0.338 e. The lowest BCUT2D eigenvalue weighted by Gasteiger charge is -2.63. The van der Waals surface area contributed by atoms with Crippen LogP contribution >= 0.6 is 0 Å². The summed E-state index contributed by atoms with van der Waals surface area (Å²) in [5, 5.41) is 43.5. The highest BCUT2D eigenvalue weighted by molar-refractivity contribution is 5.98. The Bertz CT molecular complexity index is 1570. The van der Waals surface area contributed by atoms with Crippen LogP contribution in [0, 0.1) is 29.1 Å². The monoisotopic (exact) mass is 710 g/mol. The van der Waals surface area contributed by atoms with Crippen LogP contribution in [-0.4, -0.2) is 85.7 Å². The maximum atomic E-state index is 14.0. The average molecular weight is 711 g/mol. The van der Waals surface area contributed by atoms with E-state index < -0.39 is 94.4 Å². The first-order valence-electron chi connectivity index (χ1n) is 17.1. The van der Waals surface area contributed by atoms with Crippen molar-refractivity contribution in [1.82, 2.24) is 0 Å². The van der Waals surface area contributed by atoms with Gasteiger partial charge in [-0.2, -0.15) is 0 Å². The number of carbonyl (C=O) groups is 5. The van der Waals surface area contributed by atoms with E-state index in [-0.39, 0.29) is 18.4 Å². The zero-order valence-electron chi connectivity index (χ0n) is 30.1. The second-order valence-electron chi connectivity index (χ2n) is 13.8. The molecule has 5 rings (SSSR count). The number of aliphatic hydroxyl groups is 3. The molecular weight excluding hydrogens is 660 g/mol. The SMILES string of the molecule is C=CC1C(OC(=O)c2ccccc2)C2C3CC(OC(C)=O)C(O)C(C)(C)C3CC(OC(C)=O)C2(O)C(=O)C1(C)O.CC.O=C(O)c1ccccc1. The molecule has 10 unspecified atom stereocenters. The van der Waals surface area contributed by atoms with Crippen molar-refractivity contribution in [3.05, 3.63) is 84.4 Å². The lowest BCUT2D eigenvalue weighted by atomic mass is 9.45. The lowest BCUT2D eigenvalue weighted by molar-refractivity contribution is -0.271. The molecule has 0 spiro atoms. The van der Waals surface area contributed by atoms with Crippen molar-refractivity contribution in [2.75, 3.05) is 0 Å². The van der Waals surface area contributed by atoms with Crippen LogP contribution in [0.25, 0.3) is 0 Å². The number of carboxylic acid groups (broad SMARTS) is 1. The summed E-state index contributed by atoms with van der Waals surface area (Å²) < 4.78 is 17.0. The summed E-state index contributed by atoms with van der Waals surface area (Å²) in [6, 6.07) is 16.4. The van der Waals surface area contributed by atoms with E-state index in [9.17, 15) is 39.3 Å². The lowest BCUT2D eigenvalue weighted by Crippen LogP contribution is -2.78. The molecule has 10 atom stereocenters. The Balaban J connectivity index is 0.000000549. The number of carboxylic acids is 1. The van der Waals surface area contributed by atoms with Crippen LogP contribution < -0.4 is 0 Å². The third-order valence-corrected chi connectivity index (χ3v) is 10.4. The average Bonchev–Trinajstić information content (AvgIpc) is 3.08. The molecule has 2 aromatic rings. The fourth-order valence-electron chi connectivity index (χ4n) is 8.05. The molecule has 0 radical (unpaired) electrons. The third kappa shape index (κ3) is 8.08. The van der Waals surface area contributed by atoms with Gasteiger partial charge in [0.05, 0.1) is 23.1 Å². The minimum absolute atomic E-state index is 0.0198. The Kier molecular flexibility index (Phi) is 13.1. The van der Waals surface area contributed by atoms with Crippen LogP contribution in [-0.2, 0) is 28.6 Å². The fourth-order valence-corrected chi connectivity index (χ4v) is 8.05. The van der Waals surface area contributed by atoms with E-state index in [4.69, 9.17) is 19.3 Å². The van der Waals surface area contributed by atoms with Gasteiger partial charge in [0.15, 0.2) is 11.4 Å². The first-order valence-corrected chi connectivity index (χ1v) is 17.1. The maximum absolute atomic E-state index is 14.0. The van der Waals surface area contributed by atoms with Crippen molar-refractivity contribution >= 4 is 29.7 Å². The molecule has 0 aliphatic heterocycles. The first-order chi connectivity index (χ1) is 23.9. The summed E-state index contributed by atoms with van der Waals surface area (Å²) in [7, 11) is 0. The van der Waals surface area contributed by atoms with Crippen LogP contribution in [0.4, 0.5) is 0 Å². The number of hydrogen-bond donors (Lipinski definition) is 4. The molecular formula is C39H50O12. The molecule has 3 aliphatic carbocycles. The van der Waals surface area contributed by atoms with Crippen molar-refractivity contribution in [3.8, 4) is 0 Å². The number of ether oxygens (including phenoxy) is 3. The number of hydrogen-bond acceptors (Lipinski definition) is 11. The predicted molar refractivity (Wildman–Crippen MR) is 185 cm³/mol. The number of aliphatic hydroxyl groups excluding tert-OH is 1. The standard InChI is InChI=1S/C30H38O10.C7H6O2.C2H6/c1-7-19-24(40-26(34)17-11-9-8-10-12-17)23-18-13-21(38-15(2)31)25(33)28(4,5)20(18)14-22(39-16(3)32)30(23,37)27(35)29(19,6)36;8-7(9)6-4-2-1-3-5-6;1-2/h7-12,18-25,33,36-37H,1,13-14H2,2-6H3;1-5H,(H,8,9);1-2H3. The van der Waals surface area contributed by atoms with Gasteiger partial charge in [0.25, 0.3) is 0 Å². The fraction of sp³-hybridized carbons (Fsp3) is 0.513. The van der Waals surface area contributed by atoms with Gasteiger partial charge in [-0.25, -0.2) is 9.59 Å². The van der Waals surface area contributed by atoms with Gasteiger partial charge in [0, 0.05) is 19.8 Å². The van der Waals surface area contributed by atoms with Crippen LogP contribution in [0.1, 0.15) is 82.0 Å². The minimum atomic E-state index is -2.46. The molecule has 3 aliphatic rings. The summed E-state index contributed by atoms with van der Waals surface area (Å²) >= 11 is 0. The summed E-state index contributed by atoms with van der Waals surface area (Å²) in [4.78, 5) is 61.7. The summed E-state index contributed by atoms with van der Waals surface area (Å²) in [5.41, 5.74) is -5.09. The molecule has 12 nitrogen and oxygen atoms in total. The van der Waals surface area contributed by atoms with Gasteiger partial charge in [-0.15, -0.1) is 6.58 Å². The molecule has 2 aromatic carbocycles. The minimum Gasteiger partial charge on any atom is -0.478 e. The highest BCUT2D eigenvalue weighted by Crippen LogP contribution is 2.61. The molecule has 51 heavy (non-hydrogen) atoms. The molecule has 0 bridgehead atoms. The van der Waals surface area contributed by atoms with Crippen LogP contribution in [0.3, 0.4) is 0 Å². The molecule has 0 amide bonds. The van der Waals surface area contributed by atoms with Gasteiger partial charge < -0.3 is 34.6 Å². The number of ketones is 1. The molecule has 278 valence electrons. The number of Topliss-reactive ketones (excluding diaryl/α,β-unsaturated/α-hetero) is 1. The van der Waals surface area contributed by atoms with Gasteiger partial charge >= 0.3 is 23.9 Å². The van der Waals surface area contributed by atoms with Gasteiger partial charge in [-0.3, -0.25) is 14.4 Å². The van der Waals surface area contributed by atoms with E-state index in [1.807, 2.05) is 13.8 Å². The maximum Gasteiger partial charge on any atom is 0.338 e. The first kappa shape index (κ1) is 41.0. The zero-order chi connectivity index (χ0) is 38.5. The van der Waals surface area contributed by atoms with Gasteiger partial charge in [-0.05, 0) is 61.3 Å². The number of fused-ring (bicyclic) bond motifs is 3. The highest BCUT2D eigenvalue weighted by atomic mass is 16.6. The number of rotatable bonds is 6. The molecule has 0 heterocycles. The van der Waals surface area contributed by atoms with Crippen molar-refractivity contribution in [1.29, 1.82) is 0 Å². The van der Waals surface area contributed by atoms with Crippen molar-refractivity contribution in [3.63, 3.8) is 0 Å². The number of carbonyl (C=O) groups excluding carboxylic acids is 4. The van der Waals surface area contributed by atoms with E-state index in [1.54, 1.807) is 74.5 Å².